The molecule has 0 aromatic carbocycles. The lowest BCUT2D eigenvalue weighted by Crippen LogP contribution is -2.43. The zero-order chi connectivity index (χ0) is 7.40. The van der Waals surface area contributed by atoms with Gasteiger partial charge in [-0.1, -0.05) is 0 Å². The lowest BCUT2D eigenvalue weighted by molar-refractivity contribution is -0.115. The number of rotatable bonds is 4. The molecule has 0 radical (unpaired) electrons. The highest BCUT2D eigenvalue weighted by Crippen LogP contribution is 2.11. The lowest BCUT2D eigenvalue weighted by atomic mass is 10.1. The summed E-state index contributed by atoms with van der Waals surface area (Å²) in [6.07, 6.45) is 0. The van der Waals surface area contributed by atoms with E-state index < -0.39 is 0 Å². The topological polar surface area (TPSA) is 55.1 Å². The van der Waals surface area contributed by atoms with Gasteiger partial charge < -0.3 is 11.1 Å². The number of carbonyl (C=O) groups excluding carboxylic acids is 1. The van der Waals surface area contributed by atoms with Crippen LogP contribution in [0.15, 0.2) is 0 Å². The number of nitrogens with two attached hydrogens (primary N) is 1. The number of nitrogens with one attached hydrogen (secondary N) is 1. The Labute approximate surface area is 64.7 Å². The van der Waals surface area contributed by atoms with E-state index in [1.807, 2.05) is 0 Å². The molecule has 0 aromatic rings. The predicted molar refractivity (Wildman–Crippen MR) is 42.9 cm³/mol. The minimum atomic E-state index is -0.211. The molecule has 3 N–H and O–H groups in total. The third-order valence-corrected chi connectivity index (χ3v) is 2.66. The molecule has 1 fully saturated rings. The Kier molecular flexibility index (Phi) is 3.02. The third kappa shape index (κ3) is 2.58. The van der Waals surface area contributed by atoms with E-state index in [-0.39, 0.29) is 5.91 Å². The van der Waals surface area contributed by atoms with Crippen LogP contribution in [-0.2, 0) is 4.79 Å². The highest BCUT2D eigenvalue weighted by atomic mass is 32.2. The summed E-state index contributed by atoms with van der Waals surface area (Å²) < 4.78 is 0. The van der Waals surface area contributed by atoms with E-state index in [1.165, 1.54) is 0 Å². The van der Waals surface area contributed by atoms with Crippen LogP contribution < -0.4 is 11.1 Å². The molecule has 1 heterocycles. The molecule has 0 aliphatic carbocycles. The van der Waals surface area contributed by atoms with E-state index in [0.717, 1.165) is 24.8 Å². The van der Waals surface area contributed by atoms with Crippen LogP contribution in [0.25, 0.3) is 0 Å². The second-order valence-electron chi connectivity index (χ2n) is 2.51. The van der Waals surface area contributed by atoms with Gasteiger partial charge >= 0.3 is 0 Å². The molecule has 0 bridgehead atoms. The summed E-state index contributed by atoms with van der Waals surface area (Å²) in [5, 5.41) is 3.17. The molecular weight excluding hydrogens is 148 g/mol. The van der Waals surface area contributed by atoms with Crippen LogP contribution >= 0.6 is 11.8 Å². The van der Waals surface area contributed by atoms with Gasteiger partial charge in [0.1, 0.15) is 0 Å². The van der Waals surface area contributed by atoms with Gasteiger partial charge in [0.2, 0.25) is 5.91 Å². The molecule has 3 nitrogen and oxygen atoms in total. The molecule has 0 atom stereocenters. The van der Waals surface area contributed by atoms with Gasteiger partial charge in [0.05, 0.1) is 5.75 Å². The highest BCUT2D eigenvalue weighted by Gasteiger charge is 2.15. The van der Waals surface area contributed by atoms with Gasteiger partial charge in [-0.3, -0.25) is 4.79 Å². The van der Waals surface area contributed by atoms with Gasteiger partial charge in [0.25, 0.3) is 0 Å². The number of thioether (sulfide) groups is 1. The van der Waals surface area contributed by atoms with Crippen molar-refractivity contribution in [3.8, 4) is 0 Å². The smallest absolute Gasteiger partial charge is 0.227 e. The molecule has 1 aliphatic rings. The van der Waals surface area contributed by atoms with Crippen molar-refractivity contribution in [2.45, 2.75) is 0 Å². The fourth-order valence-corrected chi connectivity index (χ4v) is 1.68. The van der Waals surface area contributed by atoms with Crippen LogP contribution in [0.5, 0.6) is 0 Å². The fourth-order valence-electron chi connectivity index (χ4n) is 0.792. The van der Waals surface area contributed by atoms with Crippen LogP contribution in [0.1, 0.15) is 0 Å². The summed E-state index contributed by atoms with van der Waals surface area (Å²) in [6, 6.07) is 0. The minimum Gasteiger partial charge on any atom is -0.369 e. The average molecular weight is 160 g/mol. The minimum absolute atomic E-state index is 0.211. The first-order valence-corrected chi connectivity index (χ1v) is 4.51. The molecule has 1 amide bonds. The summed E-state index contributed by atoms with van der Waals surface area (Å²) in [6.45, 7) is 2.21. The van der Waals surface area contributed by atoms with E-state index >= 15 is 0 Å². The maximum absolute atomic E-state index is 10.3. The summed E-state index contributed by atoms with van der Waals surface area (Å²) >= 11 is 1.63. The van der Waals surface area contributed by atoms with Crippen LogP contribution in [0.3, 0.4) is 0 Å². The molecule has 1 saturated heterocycles. The van der Waals surface area contributed by atoms with E-state index in [4.69, 9.17) is 5.73 Å². The quantitative estimate of drug-likeness (QED) is 0.579. The van der Waals surface area contributed by atoms with E-state index in [1.54, 1.807) is 11.8 Å². The van der Waals surface area contributed by atoms with Crippen molar-refractivity contribution in [3.05, 3.63) is 0 Å². The number of hydrogen-bond acceptors (Lipinski definition) is 3. The molecule has 0 spiro atoms. The van der Waals surface area contributed by atoms with Gasteiger partial charge in [-0.05, 0) is 24.8 Å². The second kappa shape index (κ2) is 3.83. The number of hydrogen-bond donors (Lipinski definition) is 2. The summed E-state index contributed by atoms with van der Waals surface area (Å²) in [7, 11) is 0. The highest BCUT2D eigenvalue weighted by molar-refractivity contribution is 7.99. The standard InChI is InChI=1S/C6H12N2OS/c7-6(9)4-10-3-5-1-8-2-5/h5,8H,1-4H2,(H2,7,9). The van der Waals surface area contributed by atoms with Crippen molar-refractivity contribution in [2.24, 2.45) is 11.7 Å². The van der Waals surface area contributed by atoms with Gasteiger partial charge in [0, 0.05) is 0 Å². The van der Waals surface area contributed by atoms with Gasteiger partial charge in [-0.2, -0.15) is 11.8 Å². The number of carbonyl (C=O) groups is 1. The zero-order valence-electron chi connectivity index (χ0n) is 5.80. The first-order valence-electron chi connectivity index (χ1n) is 3.36. The molecule has 1 aliphatic heterocycles. The SMILES string of the molecule is NC(=O)CSCC1CNC1. The largest absolute Gasteiger partial charge is 0.369 e. The van der Waals surface area contributed by atoms with Crippen LogP contribution in [0.2, 0.25) is 0 Å². The molecular formula is C6H12N2OS. The molecule has 0 unspecified atom stereocenters. The maximum Gasteiger partial charge on any atom is 0.227 e. The van der Waals surface area contributed by atoms with E-state index in [9.17, 15) is 4.79 Å². The van der Waals surface area contributed by atoms with Crippen molar-refractivity contribution in [3.63, 3.8) is 0 Å². The average Bonchev–Trinajstić information content (AvgIpc) is 1.75. The molecule has 58 valence electrons. The Balaban J connectivity index is 1.89. The van der Waals surface area contributed by atoms with Crippen molar-refractivity contribution in [2.75, 3.05) is 24.6 Å². The van der Waals surface area contributed by atoms with Gasteiger partial charge in [-0.15, -0.1) is 0 Å². The predicted octanol–water partition coefficient (Wildman–Crippen LogP) is -0.576. The van der Waals surface area contributed by atoms with Crippen LogP contribution in [0.4, 0.5) is 0 Å². The Morgan fingerprint density at radius 1 is 1.70 bits per heavy atom. The van der Waals surface area contributed by atoms with E-state index in [2.05, 4.69) is 5.32 Å². The Morgan fingerprint density at radius 3 is 2.80 bits per heavy atom. The van der Waals surface area contributed by atoms with Crippen molar-refractivity contribution < 1.29 is 4.79 Å². The van der Waals surface area contributed by atoms with E-state index in [0.29, 0.717) is 5.75 Å². The monoisotopic (exact) mass is 160 g/mol. The first kappa shape index (κ1) is 7.88. The zero-order valence-corrected chi connectivity index (χ0v) is 6.62. The molecule has 0 saturated carbocycles. The van der Waals surface area contributed by atoms with Crippen LogP contribution in [-0.4, -0.2) is 30.5 Å². The summed E-state index contributed by atoms with van der Waals surface area (Å²) in [5.74, 6) is 2.09. The van der Waals surface area contributed by atoms with Gasteiger partial charge in [0.15, 0.2) is 0 Å². The Morgan fingerprint density at radius 2 is 2.40 bits per heavy atom. The molecule has 0 aromatic heterocycles. The molecule has 10 heavy (non-hydrogen) atoms. The van der Waals surface area contributed by atoms with Crippen molar-refractivity contribution in [1.29, 1.82) is 0 Å². The normalized spacial score (nSPS) is 18.4. The summed E-state index contributed by atoms with van der Waals surface area (Å²) in [4.78, 5) is 10.3. The second-order valence-corrected chi connectivity index (χ2v) is 3.54. The Bertz CT molecular complexity index is 125. The lowest BCUT2D eigenvalue weighted by Gasteiger charge is -2.26. The maximum atomic E-state index is 10.3. The Hall–Kier alpha value is -0.220. The molecule has 1 rings (SSSR count). The summed E-state index contributed by atoms with van der Waals surface area (Å²) in [5.41, 5.74) is 4.96. The number of primary amides is 1. The van der Waals surface area contributed by atoms with Gasteiger partial charge in [-0.25, -0.2) is 0 Å². The molecule has 4 heteroatoms. The van der Waals surface area contributed by atoms with Crippen molar-refractivity contribution >= 4 is 17.7 Å². The first-order chi connectivity index (χ1) is 4.79. The number of amides is 1. The third-order valence-electron chi connectivity index (χ3n) is 1.46. The van der Waals surface area contributed by atoms with Crippen molar-refractivity contribution in [1.82, 2.24) is 5.32 Å². The van der Waals surface area contributed by atoms with Crippen LogP contribution in [0, 0.1) is 5.92 Å². The fraction of sp³-hybridized carbons (Fsp3) is 0.833.